The Morgan fingerprint density at radius 3 is 2.60 bits per heavy atom. The molecule has 0 saturated heterocycles. The maximum atomic E-state index is 13.0. The molecule has 7 nitrogen and oxygen atoms in total. The van der Waals surface area contributed by atoms with Crippen molar-refractivity contribution in [1.82, 2.24) is 14.5 Å². The van der Waals surface area contributed by atoms with Gasteiger partial charge in [0.05, 0.1) is 16.1 Å². The summed E-state index contributed by atoms with van der Waals surface area (Å²) in [5.74, 6) is 0.166. The van der Waals surface area contributed by atoms with Gasteiger partial charge in [-0.2, -0.15) is 0 Å². The van der Waals surface area contributed by atoms with E-state index in [9.17, 15) is 18.4 Å². The number of carbonyl (C=O) groups excluding carboxylic acids is 1. The first-order valence-corrected chi connectivity index (χ1v) is 11.3. The van der Waals surface area contributed by atoms with Crippen molar-refractivity contribution in [3.63, 3.8) is 0 Å². The molecule has 1 N–H and O–H groups in total. The van der Waals surface area contributed by atoms with E-state index in [4.69, 9.17) is 21.1 Å². The number of nitrogens with zero attached hydrogens (tertiary/aromatic N) is 2. The van der Waals surface area contributed by atoms with Crippen molar-refractivity contribution in [3.8, 4) is 5.75 Å². The van der Waals surface area contributed by atoms with E-state index in [0.29, 0.717) is 28.7 Å². The third-order valence-corrected chi connectivity index (χ3v) is 5.40. The van der Waals surface area contributed by atoms with Gasteiger partial charge in [0.2, 0.25) is 0 Å². The summed E-state index contributed by atoms with van der Waals surface area (Å²) in [6, 6.07) is 10.2. The lowest BCUT2D eigenvalue weighted by molar-refractivity contribution is -0.155. The third-order valence-electron chi connectivity index (χ3n) is 5.10. The smallest absolute Gasteiger partial charge is 0.326 e. The number of pyridine rings is 1. The van der Waals surface area contributed by atoms with E-state index >= 15 is 0 Å². The second-order valence-corrected chi connectivity index (χ2v) is 9.49. The van der Waals surface area contributed by atoms with Gasteiger partial charge in [0.1, 0.15) is 30.3 Å². The highest BCUT2D eigenvalue weighted by Gasteiger charge is 2.19. The number of esters is 1. The molecule has 4 rings (SSSR count). The molecule has 0 unspecified atom stereocenters. The van der Waals surface area contributed by atoms with Crippen molar-refractivity contribution < 1.29 is 23.0 Å². The summed E-state index contributed by atoms with van der Waals surface area (Å²) in [4.78, 5) is 33.1. The number of aromatic amines is 1. The average Bonchev–Trinajstić information content (AvgIpc) is 3.14. The van der Waals surface area contributed by atoms with E-state index in [1.807, 2.05) is 12.1 Å². The van der Waals surface area contributed by atoms with Crippen LogP contribution in [0.1, 0.15) is 32.2 Å². The highest BCUT2D eigenvalue weighted by molar-refractivity contribution is 6.32. The van der Waals surface area contributed by atoms with Crippen LogP contribution in [0.2, 0.25) is 5.02 Å². The van der Waals surface area contributed by atoms with Gasteiger partial charge in [-0.05, 0) is 43.9 Å². The number of hydrogen-bond acceptors (Lipinski definition) is 5. The van der Waals surface area contributed by atoms with E-state index in [-0.39, 0.29) is 22.9 Å². The minimum Gasteiger partial charge on any atom is -0.486 e. The van der Waals surface area contributed by atoms with Crippen LogP contribution in [-0.4, -0.2) is 39.1 Å². The number of aromatic nitrogens is 3. The molecule has 10 heteroatoms. The van der Waals surface area contributed by atoms with Gasteiger partial charge in [0.15, 0.2) is 0 Å². The lowest BCUT2D eigenvalue weighted by atomic mass is 10.0. The molecule has 0 amide bonds. The molecule has 0 atom stereocenters. The molecular weight excluding hydrogens is 480 g/mol. The van der Waals surface area contributed by atoms with Gasteiger partial charge in [-0.25, -0.2) is 13.8 Å². The molecule has 0 saturated carbocycles. The van der Waals surface area contributed by atoms with Crippen molar-refractivity contribution in [2.75, 3.05) is 6.61 Å². The minimum absolute atomic E-state index is 0.119. The number of imidazole rings is 1. The quantitative estimate of drug-likeness (QED) is 0.354. The van der Waals surface area contributed by atoms with Crippen LogP contribution in [0.25, 0.3) is 21.8 Å². The lowest BCUT2D eigenvalue weighted by Crippen LogP contribution is -2.30. The minimum atomic E-state index is -2.62. The number of alkyl halides is 2. The second-order valence-electron chi connectivity index (χ2n) is 9.08. The topological polar surface area (TPSA) is 86.2 Å². The molecule has 184 valence electrons. The molecule has 2 heterocycles. The first kappa shape index (κ1) is 24.7. The highest BCUT2D eigenvalue weighted by atomic mass is 35.5. The molecule has 4 aromatic rings. The molecule has 0 spiro atoms. The summed E-state index contributed by atoms with van der Waals surface area (Å²) in [5.41, 5.74) is 0.907. The van der Waals surface area contributed by atoms with Gasteiger partial charge in [-0.1, -0.05) is 29.8 Å². The Balaban J connectivity index is 1.69. The van der Waals surface area contributed by atoms with Gasteiger partial charge in [-0.15, -0.1) is 0 Å². The molecule has 0 radical (unpaired) electrons. The average molecular weight is 504 g/mol. The molecular formula is C25H24ClF2N3O4. The molecule has 0 aliphatic carbocycles. The molecule has 0 fully saturated rings. The predicted molar refractivity (Wildman–Crippen MR) is 129 cm³/mol. The Bertz CT molecular complexity index is 1460. The van der Waals surface area contributed by atoms with Gasteiger partial charge in [0.25, 0.3) is 12.0 Å². The number of fused-ring (bicyclic) bond motifs is 2. The summed E-state index contributed by atoms with van der Waals surface area (Å²) in [7, 11) is 0. The normalized spacial score (nSPS) is 12.0. The lowest BCUT2D eigenvalue weighted by Gasteiger charge is -2.20. The fraction of sp³-hybridized carbons (Fsp3) is 0.320. The number of H-pyrrole nitrogens is 1. The Labute approximate surface area is 204 Å². The first-order chi connectivity index (χ1) is 16.5. The second kappa shape index (κ2) is 9.65. The van der Waals surface area contributed by atoms with Crippen LogP contribution >= 0.6 is 11.6 Å². The Hall–Kier alpha value is -3.46. The number of carbonyl (C=O) groups is 1. The summed E-state index contributed by atoms with van der Waals surface area (Å²) in [6.45, 7) is 4.29. The number of rotatable bonds is 7. The van der Waals surface area contributed by atoms with Crippen LogP contribution < -0.4 is 10.3 Å². The van der Waals surface area contributed by atoms with Crippen LogP contribution in [0.15, 0.2) is 47.4 Å². The number of ether oxygens (including phenoxy) is 2. The number of nitrogens with one attached hydrogen (secondary N) is 1. The van der Waals surface area contributed by atoms with Crippen molar-refractivity contribution in [3.05, 3.63) is 69.4 Å². The Kier molecular flexibility index (Phi) is 6.80. The van der Waals surface area contributed by atoms with Crippen molar-refractivity contribution in [2.45, 2.75) is 45.8 Å². The van der Waals surface area contributed by atoms with Gasteiger partial charge >= 0.3 is 5.97 Å². The molecule has 35 heavy (non-hydrogen) atoms. The first-order valence-electron chi connectivity index (χ1n) is 10.9. The summed E-state index contributed by atoms with van der Waals surface area (Å²) >= 11 is 6.17. The molecule has 2 aromatic heterocycles. The van der Waals surface area contributed by atoms with E-state index in [0.717, 1.165) is 10.9 Å². The van der Waals surface area contributed by atoms with Gasteiger partial charge < -0.3 is 19.0 Å². The van der Waals surface area contributed by atoms with Gasteiger partial charge in [-0.3, -0.25) is 9.59 Å². The van der Waals surface area contributed by atoms with E-state index in [2.05, 4.69) is 9.97 Å². The molecule has 0 bridgehead atoms. The number of benzene rings is 2. The van der Waals surface area contributed by atoms with Crippen LogP contribution in [0.5, 0.6) is 5.75 Å². The van der Waals surface area contributed by atoms with Crippen LogP contribution in [0.4, 0.5) is 8.78 Å². The Morgan fingerprint density at radius 1 is 1.20 bits per heavy atom. The fourth-order valence-corrected chi connectivity index (χ4v) is 4.00. The number of hydrogen-bond donors (Lipinski definition) is 1. The SMILES string of the molecule is CC(C)(C)OC(=O)Cn1cc(Cc2nc3cc(OCC(F)F)c(Cl)cc3[nH]2)c2ccccc2c1=O. The monoisotopic (exact) mass is 503 g/mol. The van der Waals surface area contributed by atoms with Crippen LogP contribution in [0, 0.1) is 0 Å². The Morgan fingerprint density at radius 2 is 1.91 bits per heavy atom. The zero-order chi connectivity index (χ0) is 25.3. The van der Waals surface area contributed by atoms with E-state index in [1.165, 1.54) is 10.6 Å². The van der Waals surface area contributed by atoms with E-state index in [1.54, 1.807) is 45.2 Å². The number of halogens is 3. The summed E-state index contributed by atoms with van der Waals surface area (Å²) in [6.07, 6.45) is -0.679. The van der Waals surface area contributed by atoms with Gasteiger partial charge in [0, 0.05) is 24.1 Å². The van der Waals surface area contributed by atoms with Crippen LogP contribution in [0.3, 0.4) is 0 Å². The molecule has 0 aliphatic rings. The van der Waals surface area contributed by atoms with E-state index < -0.39 is 24.6 Å². The van der Waals surface area contributed by atoms with Crippen molar-refractivity contribution >= 4 is 39.4 Å². The summed E-state index contributed by atoms with van der Waals surface area (Å²) in [5, 5.41) is 1.39. The standard InChI is InChI=1S/C25H24ClF2N3O4/c1-25(2,3)35-23(32)12-31-11-14(15-6-4-5-7-16(15)24(31)33)8-22-29-18-9-17(26)20(10-19(18)30-22)34-13-21(27)28/h4-7,9-11,21H,8,12-13H2,1-3H3,(H,29,30). The van der Waals surface area contributed by atoms with Crippen molar-refractivity contribution in [2.24, 2.45) is 0 Å². The highest BCUT2D eigenvalue weighted by Crippen LogP contribution is 2.30. The summed E-state index contributed by atoms with van der Waals surface area (Å²) < 4.78 is 36.8. The van der Waals surface area contributed by atoms with Crippen molar-refractivity contribution in [1.29, 1.82) is 0 Å². The maximum absolute atomic E-state index is 13.0. The fourth-order valence-electron chi connectivity index (χ4n) is 3.78. The largest absolute Gasteiger partial charge is 0.486 e. The predicted octanol–water partition coefficient (Wildman–Crippen LogP) is 5.11. The molecule has 0 aliphatic heterocycles. The zero-order valence-electron chi connectivity index (χ0n) is 19.4. The zero-order valence-corrected chi connectivity index (χ0v) is 20.2. The third kappa shape index (κ3) is 5.79. The molecule has 2 aromatic carbocycles. The van der Waals surface area contributed by atoms with Crippen LogP contribution in [-0.2, 0) is 22.5 Å². The maximum Gasteiger partial charge on any atom is 0.326 e.